The van der Waals surface area contributed by atoms with E-state index >= 15 is 0 Å². The number of nitrogens with zero attached hydrogens (tertiary/aromatic N) is 3. The molecule has 5 N–H and O–H groups in total. The maximum Gasteiger partial charge on any atom is 1.00 e. The largest absolute Gasteiger partial charge is 1.00 e. The van der Waals surface area contributed by atoms with E-state index in [-0.39, 0.29) is 63.1 Å². The third-order valence-electron chi connectivity index (χ3n) is 6.94. The summed E-state index contributed by atoms with van der Waals surface area (Å²) in [6.07, 6.45) is 0.863. The van der Waals surface area contributed by atoms with Crippen LogP contribution < -0.4 is 41.0 Å². The summed E-state index contributed by atoms with van der Waals surface area (Å²) in [6.45, 7) is 38.2. The molecule has 0 aliphatic carbocycles. The number of nitrogen functional groups attached to an aromatic ring is 2. The van der Waals surface area contributed by atoms with E-state index in [2.05, 4.69) is 141 Å². The molecule has 76 heavy (non-hydrogen) atoms. The van der Waals surface area contributed by atoms with Crippen molar-refractivity contribution in [1.29, 1.82) is 10.5 Å². The van der Waals surface area contributed by atoms with Gasteiger partial charge in [0, 0.05) is 45.0 Å². The van der Waals surface area contributed by atoms with E-state index in [9.17, 15) is 9.70 Å². The molecule has 0 unspecified atom stereocenters. The van der Waals surface area contributed by atoms with Gasteiger partial charge in [-0.2, -0.15) is 5.26 Å². The van der Waals surface area contributed by atoms with E-state index in [1.165, 1.54) is 9.13 Å². The van der Waals surface area contributed by atoms with Crippen molar-refractivity contribution in [3.05, 3.63) is 205 Å². The molecule has 6 aromatic rings. The number of hydrogen-bond donors (Lipinski definition) is 3. The first-order chi connectivity index (χ1) is 35.0. The number of hydrogen-bond acceptors (Lipinski definition) is 9. The maximum atomic E-state index is 10.2. The first-order valence-electron chi connectivity index (χ1n) is 23.9. The van der Waals surface area contributed by atoms with E-state index in [1.807, 2.05) is 218 Å². The molecule has 3 radical (unpaired) electrons. The summed E-state index contributed by atoms with van der Waals surface area (Å²) in [5, 5.41) is 26.6. The number of aliphatic hydroxyl groups excluding tert-OH is 1. The standard InChI is InChI=1S/C7H6BrI.C7H4IN.C7H7IO.C7H5IO.2C7H9N.C4H9NO2.6C2H6.CN.B.Cu.Na.H/c8-5-6-3-1-2-4-7(6)9;3*8-7-4-2-1-3-6(7)5-9;2*1-6-4-2-3-5-7(6)8;1-4(2,3)7-5-6;7*1-2;;;;/h1-4H,5H2;1-4H;1-4,9H,5H2;1-5H;2*2-5H,8H2,1H3;1-3H3;6*1-2H3;;;;;/q;;;;;;;;;;;;;-1;;2*+1;-1. The molecule has 6 rings (SSSR count). The Balaban J connectivity index is -0.0000000611. The number of nitrogens with two attached hydrogens (primary N) is 2. The fraction of sp³-hybridized carbons (Fsp3) is 0.339. The second-order valence-electron chi connectivity index (χ2n) is 12.7. The molecule has 6 aromatic carbocycles. The van der Waals surface area contributed by atoms with Crippen molar-refractivity contribution in [2.75, 3.05) is 11.5 Å². The Bertz CT molecular complexity index is 2090. The van der Waals surface area contributed by atoms with Gasteiger partial charge in [0.25, 0.3) is 0 Å². The number of para-hydroxylation sites is 2. The fourth-order valence-corrected chi connectivity index (χ4v) is 6.81. The number of alkyl halides is 1. The molecule has 0 saturated heterocycles. The van der Waals surface area contributed by atoms with Crippen molar-refractivity contribution in [2.45, 2.75) is 135 Å². The molecule has 421 valence electrons. The van der Waals surface area contributed by atoms with Crippen LogP contribution in [-0.2, 0) is 33.8 Å². The molecule has 0 spiro atoms. The molecule has 0 aliphatic heterocycles. The van der Waals surface area contributed by atoms with Gasteiger partial charge in [0.2, 0.25) is 0 Å². The van der Waals surface area contributed by atoms with Gasteiger partial charge in [-0.25, -0.2) is 0 Å². The zero-order chi connectivity index (χ0) is 58.6. The number of rotatable bonds is 4. The van der Waals surface area contributed by atoms with E-state index in [0.29, 0.717) is 0 Å². The Morgan fingerprint density at radius 1 is 0.605 bits per heavy atom. The summed E-state index contributed by atoms with van der Waals surface area (Å²) in [4.78, 5) is 23.9. The van der Waals surface area contributed by atoms with Crippen LogP contribution in [0.1, 0.15) is 143 Å². The number of halogens is 5. The summed E-state index contributed by atoms with van der Waals surface area (Å²) in [7, 11) is 0. The molecule has 9 nitrogen and oxygen atoms in total. The number of carbonyl (C=O) groups excluding carboxylic acids is 1. The molecule has 0 saturated carbocycles. The van der Waals surface area contributed by atoms with Gasteiger partial charge in [0.05, 0.1) is 12.2 Å². The normalized spacial score (nSPS) is 7.74. The fourth-order valence-electron chi connectivity index (χ4n) is 3.64. The topological polar surface area (TPSA) is 176 Å². The van der Waals surface area contributed by atoms with Crippen molar-refractivity contribution >= 4 is 132 Å². The quantitative estimate of drug-likeness (QED) is 0.0228. The third kappa shape index (κ3) is 62.8. The summed E-state index contributed by atoms with van der Waals surface area (Å²) >= 11 is 12.2. The van der Waals surface area contributed by atoms with Crippen LogP contribution in [0.15, 0.2) is 151 Å². The van der Waals surface area contributed by atoms with E-state index in [4.69, 9.17) is 33.7 Å². The zero-order valence-electron chi connectivity index (χ0n) is 49.3. The Morgan fingerprint density at radius 3 is 1.09 bits per heavy atom. The van der Waals surface area contributed by atoms with Crippen LogP contribution in [0.4, 0.5) is 11.4 Å². The number of aldehydes is 1. The molecule has 0 atom stereocenters. The Hall–Kier alpha value is -2.09. The summed E-state index contributed by atoms with van der Waals surface area (Å²) < 4.78 is 4.47. The van der Waals surface area contributed by atoms with E-state index in [1.54, 1.807) is 26.8 Å². The SMILES string of the molecule is BrCc1ccccc1I.CC.CC.CC.CC.CC.CC.CC(C)(C)ON=O.Cc1ccccc1N.Cc1ccccc1N.N#Cc1ccccc1I.O=Cc1ccccc1I.OCc1ccccc1I.[B].[C-]#N.[Cu+].[H-].[Na+]. The maximum absolute atomic E-state index is 10.2. The average Bonchev–Trinajstić information content (AvgIpc) is 3.43. The van der Waals surface area contributed by atoms with Crippen LogP contribution in [-0.4, -0.2) is 25.4 Å². The zero-order valence-corrected chi connectivity index (χ0v) is 61.4. The molecule has 0 heterocycles. The minimum Gasteiger partial charge on any atom is -1.00 e. The smallest absolute Gasteiger partial charge is 1.00 e. The Labute approximate surface area is 561 Å². The van der Waals surface area contributed by atoms with Crippen molar-refractivity contribution in [2.24, 2.45) is 5.34 Å². The number of nitriles is 1. The predicted molar refractivity (Wildman–Crippen MR) is 363 cm³/mol. The summed E-state index contributed by atoms with van der Waals surface area (Å²) in [5.41, 5.74) is 18.5. The number of aryl methyl sites for hydroxylation is 2. The van der Waals surface area contributed by atoms with Crippen LogP contribution in [0.3, 0.4) is 0 Å². The second-order valence-corrected chi connectivity index (χ2v) is 17.9. The molecule has 0 aliphatic rings. The minimum atomic E-state index is -0.429. The minimum absolute atomic E-state index is 0. The molecular formula is C59H86BBrCuI4N5NaO4. The Kier molecular flexibility index (Phi) is 101. The van der Waals surface area contributed by atoms with Crippen molar-refractivity contribution in [3.63, 3.8) is 0 Å². The van der Waals surface area contributed by atoms with Gasteiger partial charge >= 0.3 is 46.6 Å². The van der Waals surface area contributed by atoms with E-state index < -0.39 is 5.60 Å². The van der Waals surface area contributed by atoms with Gasteiger partial charge in [-0.15, -0.1) is 4.91 Å². The van der Waals surface area contributed by atoms with Crippen molar-refractivity contribution in [3.8, 4) is 6.07 Å². The molecule has 0 bridgehead atoms. The van der Waals surface area contributed by atoms with Crippen LogP contribution in [0.5, 0.6) is 0 Å². The summed E-state index contributed by atoms with van der Waals surface area (Å²) in [5.74, 6) is 0. The van der Waals surface area contributed by atoms with Gasteiger partial charge in [-0.1, -0.05) is 202 Å². The summed E-state index contributed by atoms with van der Waals surface area (Å²) in [6, 6.07) is 48.8. The monoisotopic (exact) mass is 1610 g/mol. The van der Waals surface area contributed by atoms with Gasteiger partial charge in [-0.3, -0.25) is 4.79 Å². The molecule has 0 amide bonds. The first-order valence-corrected chi connectivity index (χ1v) is 29.3. The number of aliphatic hydroxyl groups is 1. The third-order valence-corrected chi connectivity index (χ3v) is 11.6. The number of benzene rings is 6. The van der Waals surface area contributed by atoms with E-state index in [0.717, 1.165) is 61.5 Å². The van der Waals surface area contributed by atoms with Crippen LogP contribution in [0, 0.1) is 56.2 Å². The first kappa shape index (κ1) is 99.3. The van der Waals surface area contributed by atoms with Crippen molar-refractivity contribution in [1.82, 2.24) is 0 Å². The predicted octanol–water partition coefficient (Wildman–Crippen LogP) is 16.9. The average molecular weight is 1610 g/mol. The van der Waals surface area contributed by atoms with Gasteiger partial charge in [0.15, 0.2) is 11.6 Å². The van der Waals surface area contributed by atoms with Gasteiger partial charge < -0.3 is 34.7 Å². The molecule has 0 fully saturated rings. The number of anilines is 2. The second kappa shape index (κ2) is 77.1. The van der Waals surface area contributed by atoms with Crippen molar-refractivity contribution < 1.29 is 62.8 Å². The molecule has 0 aromatic heterocycles. The van der Waals surface area contributed by atoms with Crippen LogP contribution in [0.2, 0.25) is 0 Å². The van der Waals surface area contributed by atoms with Gasteiger partial charge in [0.1, 0.15) is 11.7 Å². The number of carbonyl (C=O) groups is 1. The molecule has 17 heteroatoms. The van der Waals surface area contributed by atoms with Crippen LogP contribution in [0.25, 0.3) is 0 Å². The molecular weight excluding hydrogens is 1530 g/mol. The van der Waals surface area contributed by atoms with Crippen LogP contribution >= 0.6 is 106 Å². The van der Waals surface area contributed by atoms with Gasteiger partial charge in [-0.05, 0) is 190 Å². The Morgan fingerprint density at radius 2 is 0.908 bits per heavy atom.